The Hall–Kier alpha value is -1.34. The highest BCUT2D eigenvalue weighted by Crippen LogP contribution is 2.28. The molecule has 1 aromatic carbocycles. The first-order valence-electron chi connectivity index (χ1n) is 6.82. The number of piperazine rings is 1. The third-order valence-electron chi connectivity index (χ3n) is 3.45. The number of imide groups is 1. The Morgan fingerprint density at radius 3 is 2.82 bits per heavy atom. The van der Waals surface area contributed by atoms with Crippen LogP contribution in [0.1, 0.15) is 11.6 Å². The molecule has 6 nitrogen and oxygen atoms in total. The van der Waals surface area contributed by atoms with Crippen molar-refractivity contribution in [1.82, 2.24) is 20.9 Å². The maximum absolute atomic E-state index is 11.9. The summed E-state index contributed by atoms with van der Waals surface area (Å²) in [4.78, 5) is 25.1. The maximum atomic E-state index is 11.9. The molecule has 1 saturated heterocycles. The van der Waals surface area contributed by atoms with E-state index in [2.05, 4.69) is 16.0 Å². The largest absolute Gasteiger partial charge is 0.341 e. The summed E-state index contributed by atoms with van der Waals surface area (Å²) in [7, 11) is 1.47. The van der Waals surface area contributed by atoms with Gasteiger partial charge in [-0.25, -0.2) is 4.79 Å². The molecule has 1 aliphatic heterocycles. The van der Waals surface area contributed by atoms with E-state index in [0.717, 1.165) is 25.2 Å². The number of carbonyl (C=O) groups is 2. The van der Waals surface area contributed by atoms with Crippen molar-refractivity contribution in [3.63, 3.8) is 0 Å². The van der Waals surface area contributed by atoms with Gasteiger partial charge in [-0.3, -0.25) is 15.0 Å². The van der Waals surface area contributed by atoms with E-state index in [4.69, 9.17) is 11.6 Å². The quantitative estimate of drug-likeness (QED) is 0.767. The Bertz CT molecular complexity index is 527. The van der Waals surface area contributed by atoms with Crippen LogP contribution < -0.4 is 16.0 Å². The van der Waals surface area contributed by atoms with Crippen LogP contribution in [0.2, 0.25) is 5.02 Å². The molecule has 1 atom stereocenters. The van der Waals surface area contributed by atoms with Gasteiger partial charge in [-0.05, 0) is 11.6 Å². The van der Waals surface area contributed by atoms with Crippen molar-refractivity contribution in [3.8, 4) is 0 Å². The molecule has 1 aliphatic rings. The minimum absolute atomic E-state index is 0. The molecule has 22 heavy (non-hydrogen) atoms. The van der Waals surface area contributed by atoms with Gasteiger partial charge in [0.25, 0.3) is 0 Å². The highest BCUT2D eigenvalue weighted by atomic mass is 35.5. The van der Waals surface area contributed by atoms with E-state index in [1.54, 1.807) is 0 Å². The molecular formula is C14H20Cl2N4O2. The predicted molar refractivity (Wildman–Crippen MR) is 88.5 cm³/mol. The summed E-state index contributed by atoms with van der Waals surface area (Å²) in [5.74, 6) is -0.326. The van der Waals surface area contributed by atoms with E-state index < -0.39 is 6.03 Å². The molecule has 0 radical (unpaired) electrons. The van der Waals surface area contributed by atoms with Gasteiger partial charge < -0.3 is 10.6 Å². The number of urea groups is 1. The molecule has 122 valence electrons. The molecule has 3 amide bonds. The smallest absolute Gasteiger partial charge is 0.321 e. The van der Waals surface area contributed by atoms with Crippen LogP contribution >= 0.6 is 24.0 Å². The van der Waals surface area contributed by atoms with Crippen LogP contribution in [0.5, 0.6) is 0 Å². The fourth-order valence-corrected chi connectivity index (χ4v) is 2.66. The first-order chi connectivity index (χ1) is 10.1. The number of rotatable bonds is 3. The Morgan fingerprint density at radius 2 is 2.14 bits per heavy atom. The monoisotopic (exact) mass is 346 g/mol. The van der Waals surface area contributed by atoms with Gasteiger partial charge in [0.1, 0.15) is 0 Å². The van der Waals surface area contributed by atoms with Crippen LogP contribution in [0.3, 0.4) is 0 Å². The SMILES string of the molecule is CNC(=O)NC(=O)CN1CCNCC1c1ccccc1Cl.Cl. The average Bonchev–Trinajstić information content (AvgIpc) is 2.48. The number of nitrogens with one attached hydrogen (secondary N) is 3. The lowest BCUT2D eigenvalue weighted by molar-refractivity contribution is -0.122. The summed E-state index contributed by atoms with van der Waals surface area (Å²) in [5.41, 5.74) is 0.985. The summed E-state index contributed by atoms with van der Waals surface area (Å²) < 4.78 is 0. The van der Waals surface area contributed by atoms with Gasteiger partial charge in [0.2, 0.25) is 5.91 Å². The number of hydrogen-bond acceptors (Lipinski definition) is 4. The third-order valence-corrected chi connectivity index (χ3v) is 3.79. The van der Waals surface area contributed by atoms with Crippen LogP contribution in [0.25, 0.3) is 0 Å². The van der Waals surface area contributed by atoms with E-state index in [9.17, 15) is 9.59 Å². The van der Waals surface area contributed by atoms with E-state index in [1.807, 2.05) is 29.2 Å². The minimum Gasteiger partial charge on any atom is -0.341 e. The summed E-state index contributed by atoms with van der Waals surface area (Å²) in [6, 6.07) is 7.13. The minimum atomic E-state index is -0.496. The van der Waals surface area contributed by atoms with E-state index in [0.29, 0.717) is 5.02 Å². The number of benzene rings is 1. The first-order valence-corrected chi connectivity index (χ1v) is 7.20. The summed E-state index contributed by atoms with van der Waals surface area (Å²) in [6.07, 6.45) is 0. The highest BCUT2D eigenvalue weighted by molar-refractivity contribution is 6.31. The lowest BCUT2D eigenvalue weighted by Crippen LogP contribution is -2.51. The van der Waals surface area contributed by atoms with Gasteiger partial charge in [-0.2, -0.15) is 0 Å². The molecule has 0 saturated carbocycles. The zero-order chi connectivity index (χ0) is 15.2. The zero-order valence-corrected chi connectivity index (χ0v) is 13.8. The van der Waals surface area contributed by atoms with Crippen molar-refractivity contribution in [3.05, 3.63) is 34.9 Å². The normalized spacial score (nSPS) is 18.2. The summed E-state index contributed by atoms with van der Waals surface area (Å²) >= 11 is 6.25. The van der Waals surface area contributed by atoms with Gasteiger partial charge in [0, 0.05) is 37.7 Å². The van der Waals surface area contributed by atoms with E-state index in [1.165, 1.54) is 7.05 Å². The maximum Gasteiger partial charge on any atom is 0.321 e. The molecule has 3 N–H and O–H groups in total. The molecular weight excluding hydrogens is 327 g/mol. The standard InChI is InChI=1S/C14H19ClN4O2.ClH/c1-16-14(21)18-13(20)9-19-7-6-17-8-12(19)10-4-2-3-5-11(10)15;/h2-5,12,17H,6-9H2,1H3,(H2,16,18,20,21);1H. The molecule has 1 aromatic rings. The molecule has 0 aromatic heterocycles. The van der Waals surface area contributed by atoms with E-state index in [-0.39, 0.29) is 30.9 Å². The van der Waals surface area contributed by atoms with Crippen LogP contribution in [-0.4, -0.2) is 50.1 Å². The summed E-state index contributed by atoms with van der Waals surface area (Å²) in [6.45, 7) is 2.40. The van der Waals surface area contributed by atoms with Crippen LogP contribution in [0, 0.1) is 0 Å². The molecule has 1 heterocycles. The first kappa shape index (κ1) is 18.7. The van der Waals surface area contributed by atoms with Gasteiger partial charge in [0.05, 0.1) is 6.54 Å². The van der Waals surface area contributed by atoms with E-state index >= 15 is 0 Å². The number of carbonyl (C=O) groups excluding carboxylic acids is 2. The summed E-state index contributed by atoms with van der Waals surface area (Å²) in [5, 5.41) is 8.63. The average molecular weight is 347 g/mol. The number of amides is 3. The fourth-order valence-electron chi connectivity index (χ4n) is 2.40. The molecule has 1 fully saturated rings. The molecule has 8 heteroatoms. The molecule has 0 spiro atoms. The number of nitrogens with zero attached hydrogens (tertiary/aromatic N) is 1. The second-order valence-corrected chi connectivity index (χ2v) is 5.25. The van der Waals surface area contributed by atoms with Gasteiger partial charge in [-0.15, -0.1) is 12.4 Å². The Balaban J connectivity index is 0.00000242. The van der Waals surface area contributed by atoms with Crippen LogP contribution in [0.4, 0.5) is 4.79 Å². The highest BCUT2D eigenvalue weighted by Gasteiger charge is 2.27. The molecule has 2 rings (SSSR count). The Labute approximate surface area is 141 Å². The topological polar surface area (TPSA) is 73.5 Å². The van der Waals surface area contributed by atoms with Crippen molar-refractivity contribution < 1.29 is 9.59 Å². The molecule has 0 aliphatic carbocycles. The molecule has 1 unspecified atom stereocenters. The second-order valence-electron chi connectivity index (χ2n) is 4.84. The fraction of sp³-hybridized carbons (Fsp3) is 0.429. The number of halogens is 2. The zero-order valence-electron chi connectivity index (χ0n) is 12.3. The molecule has 0 bridgehead atoms. The predicted octanol–water partition coefficient (Wildman–Crippen LogP) is 1.16. The lowest BCUT2D eigenvalue weighted by Gasteiger charge is -2.36. The van der Waals surface area contributed by atoms with Crippen molar-refractivity contribution in [2.24, 2.45) is 0 Å². The van der Waals surface area contributed by atoms with Crippen molar-refractivity contribution in [2.75, 3.05) is 33.2 Å². The van der Waals surface area contributed by atoms with Gasteiger partial charge in [-0.1, -0.05) is 29.8 Å². The van der Waals surface area contributed by atoms with Crippen molar-refractivity contribution in [2.45, 2.75) is 6.04 Å². The number of hydrogen-bond donors (Lipinski definition) is 3. The van der Waals surface area contributed by atoms with Crippen LogP contribution in [-0.2, 0) is 4.79 Å². The Morgan fingerprint density at radius 1 is 1.41 bits per heavy atom. The lowest BCUT2D eigenvalue weighted by atomic mass is 10.0. The van der Waals surface area contributed by atoms with Crippen molar-refractivity contribution >= 4 is 35.9 Å². The van der Waals surface area contributed by atoms with Crippen molar-refractivity contribution in [1.29, 1.82) is 0 Å². The van der Waals surface area contributed by atoms with Gasteiger partial charge in [0.15, 0.2) is 0 Å². The third kappa shape index (κ3) is 4.84. The van der Waals surface area contributed by atoms with Gasteiger partial charge >= 0.3 is 6.03 Å². The Kier molecular flexibility index (Phi) is 7.61. The second kappa shape index (κ2) is 8.95. The van der Waals surface area contributed by atoms with Crippen LogP contribution in [0.15, 0.2) is 24.3 Å².